The maximum absolute atomic E-state index is 10.5. The van der Waals surface area contributed by atoms with Crippen LogP contribution in [0.15, 0.2) is 24.5 Å². The number of hydrogen-bond donors (Lipinski definition) is 1. The van der Waals surface area contributed by atoms with Crippen molar-refractivity contribution in [3.8, 4) is 17.6 Å². The molecule has 0 aliphatic heterocycles. The van der Waals surface area contributed by atoms with E-state index in [1.54, 1.807) is 18.5 Å². The van der Waals surface area contributed by atoms with E-state index in [-0.39, 0.29) is 5.91 Å². The number of nitrogens with one attached hydrogen (secondary N) is 1. The maximum Gasteiger partial charge on any atom is 0.217 e. The third-order valence-corrected chi connectivity index (χ3v) is 1.50. The Labute approximate surface area is 88.7 Å². The van der Waals surface area contributed by atoms with E-state index < -0.39 is 0 Å². The molecule has 4 nitrogen and oxygen atoms in total. The van der Waals surface area contributed by atoms with Gasteiger partial charge in [0.15, 0.2) is 0 Å². The summed E-state index contributed by atoms with van der Waals surface area (Å²) in [5, 5.41) is 2.56. The molecule has 0 unspecified atom stereocenters. The summed E-state index contributed by atoms with van der Waals surface area (Å²) in [6, 6.07) is 3.60. The number of pyridine rings is 1. The van der Waals surface area contributed by atoms with Gasteiger partial charge in [0.05, 0.1) is 12.7 Å². The fourth-order valence-electron chi connectivity index (χ4n) is 0.834. The van der Waals surface area contributed by atoms with E-state index in [1.807, 2.05) is 6.07 Å². The molecule has 4 heteroatoms. The van der Waals surface area contributed by atoms with Gasteiger partial charge < -0.3 is 10.1 Å². The minimum absolute atomic E-state index is 0.0857. The zero-order chi connectivity index (χ0) is 10.9. The second-order valence-electron chi connectivity index (χ2n) is 2.74. The van der Waals surface area contributed by atoms with Crippen molar-refractivity contribution in [2.24, 2.45) is 0 Å². The molecule has 0 fully saturated rings. The summed E-state index contributed by atoms with van der Waals surface area (Å²) in [4.78, 5) is 14.4. The summed E-state index contributed by atoms with van der Waals surface area (Å²) in [5.74, 6) is 6.13. The van der Waals surface area contributed by atoms with Crippen molar-refractivity contribution in [2.75, 3.05) is 13.2 Å². The third kappa shape index (κ3) is 5.32. The number of carbonyl (C=O) groups excluding carboxylic acids is 1. The van der Waals surface area contributed by atoms with Crippen LogP contribution in [0.4, 0.5) is 0 Å². The van der Waals surface area contributed by atoms with E-state index in [4.69, 9.17) is 4.74 Å². The van der Waals surface area contributed by atoms with Crippen LogP contribution in [0, 0.1) is 11.8 Å². The lowest BCUT2D eigenvalue weighted by Gasteiger charge is -1.98. The Morgan fingerprint density at radius 2 is 2.47 bits per heavy atom. The quantitative estimate of drug-likeness (QED) is 0.733. The smallest absolute Gasteiger partial charge is 0.217 e. The molecule has 0 atom stereocenters. The van der Waals surface area contributed by atoms with Gasteiger partial charge in [-0.05, 0) is 12.1 Å². The second kappa shape index (κ2) is 6.44. The highest BCUT2D eigenvalue weighted by Crippen LogP contribution is 2.04. The zero-order valence-electron chi connectivity index (χ0n) is 8.49. The van der Waals surface area contributed by atoms with Crippen LogP contribution >= 0.6 is 0 Å². The van der Waals surface area contributed by atoms with Gasteiger partial charge in [0.2, 0.25) is 5.91 Å². The van der Waals surface area contributed by atoms with E-state index in [0.717, 1.165) is 0 Å². The Morgan fingerprint density at radius 3 is 3.13 bits per heavy atom. The fourth-order valence-corrected chi connectivity index (χ4v) is 0.834. The average molecular weight is 204 g/mol. The van der Waals surface area contributed by atoms with Crippen molar-refractivity contribution in [1.82, 2.24) is 10.3 Å². The van der Waals surface area contributed by atoms with Crippen LogP contribution in [0.5, 0.6) is 5.75 Å². The molecule has 0 aromatic carbocycles. The first kappa shape index (κ1) is 11.1. The molecule has 0 bridgehead atoms. The molecule has 0 saturated carbocycles. The van der Waals surface area contributed by atoms with E-state index in [0.29, 0.717) is 18.9 Å². The number of amides is 1. The van der Waals surface area contributed by atoms with E-state index in [9.17, 15) is 4.79 Å². The van der Waals surface area contributed by atoms with Crippen molar-refractivity contribution in [3.63, 3.8) is 0 Å². The lowest BCUT2D eigenvalue weighted by Crippen LogP contribution is -2.19. The highest BCUT2D eigenvalue weighted by Gasteiger charge is 1.88. The van der Waals surface area contributed by atoms with Gasteiger partial charge in [-0.25, -0.2) is 0 Å². The van der Waals surface area contributed by atoms with Gasteiger partial charge in [-0.1, -0.05) is 11.8 Å². The summed E-state index contributed by atoms with van der Waals surface area (Å²) in [6.07, 6.45) is 3.30. The molecule has 0 radical (unpaired) electrons. The van der Waals surface area contributed by atoms with Crippen molar-refractivity contribution < 1.29 is 9.53 Å². The van der Waals surface area contributed by atoms with Gasteiger partial charge in [-0.2, -0.15) is 0 Å². The van der Waals surface area contributed by atoms with Crippen LogP contribution in [0.2, 0.25) is 0 Å². The van der Waals surface area contributed by atoms with Crippen LogP contribution in [0.1, 0.15) is 6.92 Å². The predicted molar refractivity (Wildman–Crippen MR) is 56.2 cm³/mol. The van der Waals surface area contributed by atoms with Crippen LogP contribution in [-0.2, 0) is 4.79 Å². The molecule has 0 spiro atoms. The normalized spacial score (nSPS) is 8.60. The van der Waals surface area contributed by atoms with Crippen molar-refractivity contribution >= 4 is 5.91 Å². The lowest BCUT2D eigenvalue weighted by molar-refractivity contribution is -0.118. The van der Waals surface area contributed by atoms with Crippen LogP contribution < -0.4 is 10.1 Å². The molecule has 0 aliphatic carbocycles. The molecule has 78 valence electrons. The first-order valence-electron chi connectivity index (χ1n) is 4.52. The van der Waals surface area contributed by atoms with E-state index in [2.05, 4.69) is 22.1 Å². The molecule has 1 N–H and O–H groups in total. The molecule has 1 aromatic heterocycles. The SMILES string of the molecule is CC(=O)NCC#CCOc1cccnc1. The number of nitrogens with zero attached hydrogens (tertiary/aromatic N) is 1. The molecule has 1 amide bonds. The largest absolute Gasteiger partial charge is 0.479 e. The van der Waals surface area contributed by atoms with E-state index in [1.165, 1.54) is 6.92 Å². The molecule has 1 aromatic rings. The molecular weight excluding hydrogens is 192 g/mol. The highest BCUT2D eigenvalue weighted by molar-refractivity contribution is 5.73. The van der Waals surface area contributed by atoms with Crippen LogP contribution in [0.25, 0.3) is 0 Å². The molecule has 0 saturated heterocycles. The van der Waals surface area contributed by atoms with Gasteiger partial charge in [-0.15, -0.1) is 0 Å². The maximum atomic E-state index is 10.5. The Bertz CT molecular complexity index is 365. The summed E-state index contributed by atoms with van der Waals surface area (Å²) < 4.78 is 5.26. The van der Waals surface area contributed by atoms with Gasteiger partial charge >= 0.3 is 0 Å². The van der Waals surface area contributed by atoms with Gasteiger partial charge in [0.1, 0.15) is 12.4 Å². The predicted octanol–water partition coefficient (Wildman–Crippen LogP) is 0.600. The Hall–Kier alpha value is -2.02. The highest BCUT2D eigenvalue weighted by atomic mass is 16.5. The summed E-state index contributed by atoms with van der Waals surface area (Å²) in [5.41, 5.74) is 0. The molecular formula is C11H12N2O2. The van der Waals surface area contributed by atoms with Crippen molar-refractivity contribution in [3.05, 3.63) is 24.5 Å². The minimum Gasteiger partial charge on any atom is -0.479 e. The number of hydrogen-bond acceptors (Lipinski definition) is 3. The third-order valence-electron chi connectivity index (χ3n) is 1.50. The van der Waals surface area contributed by atoms with Crippen LogP contribution in [-0.4, -0.2) is 24.0 Å². The van der Waals surface area contributed by atoms with Crippen LogP contribution in [0.3, 0.4) is 0 Å². The molecule has 1 rings (SSSR count). The Kier molecular flexibility index (Phi) is 4.74. The topological polar surface area (TPSA) is 51.2 Å². The fraction of sp³-hybridized carbons (Fsp3) is 0.273. The summed E-state index contributed by atoms with van der Waals surface area (Å²) >= 11 is 0. The zero-order valence-corrected chi connectivity index (χ0v) is 8.49. The number of ether oxygens (including phenoxy) is 1. The lowest BCUT2D eigenvalue weighted by atomic mass is 10.5. The van der Waals surface area contributed by atoms with Crippen molar-refractivity contribution in [1.29, 1.82) is 0 Å². The number of rotatable bonds is 3. The van der Waals surface area contributed by atoms with Gasteiger partial charge in [0.25, 0.3) is 0 Å². The number of carbonyl (C=O) groups is 1. The minimum atomic E-state index is -0.0857. The van der Waals surface area contributed by atoms with Gasteiger partial charge in [-0.3, -0.25) is 9.78 Å². The van der Waals surface area contributed by atoms with E-state index >= 15 is 0 Å². The Balaban J connectivity index is 2.19. The monoisotopic (exact) mass is 204 g/mol. The number of aromatic nitrogens is 1. The molecule has 0 aliphatic rings. The summed E-state index contributed by atoms with van der Waals surface area (Å²) in [7, 11) is 0. The first-order chi connectivity index (χ1) is 7.29. The first-order valence-corrected chi connectivity index (χ1v) is 4.52. The molecule has 1 heterocycles. The average Bonchev–Trinajstić information content (AvgIpc) is 2.24. The second-order valence-corrected chi connectivity index (χ2v) is 2.74. The standard InChI is InChI=1S/C11H12N2O2/c1-10(14)13-7-2-3-8-15-11-5-4-6-12-9-11/h4-6,9H,7-8H2,1H3,(H,13,14). The van der Waals surface area contributed by atoms with Gasteiger partial charge in [0, 0.05) is 13.1 Å². The van der Waals surface area contributed by atoms with Crippen molar-refractivity contribution in [2.45, 2.75) is 6.92 Å². The summed E-state index contributed by atoms with van der Waals surface area (Å²) in [6.45, 7) is 2.10. The Morgan fingerprint density at radius 1 is 1.60 bits per heavy atom. The molecule has 15 heavy (non-hydrogen) atoms.